The maximum atomic E-state index is 12.9. The Bertz CT molecular complexity index is 1010. The lowest BCUT2D eigenvalue weighted by atomic mass is 10.0. The second-order valence-corrected chi connectivity index (χ2v) is 8.03. The molecule has 8 heteroatoms. The van der Waals surface area contributed by atoms with E-state index in [1.165, 1.54) is 0 Å². The minimum Gasteiger partial charge on any atom is -0.357 e. The molecular formula is C22H23Cl2N5O. The van der Waals surface area contributed by atoms with Crippen LogP contribution in [-0.2, 0) is 11.3 Å². The topological polar surface area (TPSA) is 79.8 Å². The van der Waals surface area contributed by atoms with Crippen molar-refractivity contribution in [3.05, 3.63) is 70.0 Å². The van der Waals surface area contributed by atoms with Gasteiger partial charge in [0, 0.05) is 17.8 Å². The molecule has 2 aromatic heterocycles. The van der Waals surface area contributed by atoms with Gasteiger partial charge in [-0.1, -0.05) is 55.2 Å². The number of nitrogens with zero attached hydrogens (tertiary/aromatic N) is 3. The average Bonchev–Trinajstić information content (AvgIpc) is 2.74. The second-order valence-electron chi connectivity index (χ2n) is 7.22. The Morgan fingerprint density at radius 3 is 2.43 bits per heavy atom. The molecule has 30 heavy (non-hydrogen) atoms. The molecule has 2 N–H and O–H groups in total. The number of halogens is 2. The van der Waals surface area contributed by atoms with Gasteiger partial charge in [0.15, 0.2) is 5.82 Å². The fourth-order valence-corrected chi connectivity index (χ4v) is 3.11. The Labute approximate surface area is 186 Å². The number of carbonyl (C=O) groups excluding carboxylic acids is 1. The van der Waals surface area contributed by atoms with Gasteiger partial charge in [0.2, 0.25) is 5.91 Å². The number of benzene rings is 1. The molecule has 0 aliphatic rings. The maximum absolute atomic E-state index is 12.9. The lowest BCUT2D eigenvalue weighted by molar-refractivity contribution is -0.122. The summed E-state index contributed by atoms with van der Waals surface area (Å²) < 4.78 is 0. The highest BCUT2D eigenvalue weighted by Gasteiger charge is 2.24. The van der Waals surface area contributed by atoms with Gasteiger partial charge in [0.05, 0.1) is 5.69 Å². The van der Waals surface area contributed by atoms with E-state index in [4.69, 9.17) is 23.2 Å². The molecule has 3 rings (SSSR count). The Morgan fingerprint density at radius 1 is 1.07 bits per heavy atom. The maximum Gasteiger partial charge on any atom is 0.243 e. The van der Waals surface area contributed by atoms with Gasteiger partial charge in [0.25, 0.3) is 0 Å². The van der Waals surface area contributed by atoms with Crippen molar-refractivity contribution >= 4 is 34.9 Å². The highest BCUT2D eigenvalue weighted by atomic mass is 35.5. The Kier molecular flexibility index (Phi) is 7.24. The SMILES string of the molecule is Cc1nc(-c2ccccn2)nc(NC(C(=O)NCc2ccc(Cl)cc2)C(C)C)c1Cl. The van der Waals surface area contributed by atoms with Crippen LogP contribution in [0.5, 0.6) is 0 Å². The Balaban J connectivity index is 1.79. The van der Waals surface area contributed by atoms with Crippen LogP contribution in [0.15, 0.2) is 48.7 Å². The molecule has 0 radical (unpaired) electrons. The van der Waals surface area contributed by atoms with Gasteiger partial charge >= 0.3 is 0 Å². The molecule has 0 aliphatic carbocycles. The summed E-state index contributed by atoms with van der Waals surface area (Å²) in [5.74, 6) is 0.709. The van der Waals surface area contributed by atoms with Gasteiger partial charge in [-0.05, 0) is 42.7 Å². The van der Waals surface area contributed by atoms with E-state index in [0.717, 1.165) is 5.56 Å². The molecule has 1 unspecified atom stereocenters. The highest BCUT2D eigenvalue weighted by Crippen LogP contribution is 2.27. The van der Waals surface area contributed by atoms with E-state index in [1.54, 1.807) is 25.3 Å². The van der Waals surface area contributed by atoms with E-state index in [1.807, 2.05) is 44.2 Å². The molecule has 0 fully saturated rings. The number of hydrogen-bond acceptors (Lipinski definition) is 5. The van der Waals surface area contributed by atoms with Crippen LogP contribution in [0.3, 0.4) is 0 Å². The predicted molar refractivity (Wildman–Crippen MR) is 121 cm³/mol. The average molecular weight is 444 g/mol. The van der Waals surface area contributed by atoms with Crippen molar-refractivity contribution in [1.29, 1.82) is 0 Å². The summed E-state index contributed by atoms with van der Waals surface area (Å²) in [5, 5.41) is 7.19. The van der Waals surface area contributed by atoms with Crippen LogP contribution < -0.4 is 10.6 Å². The largest absolute Gasteiger partial charge is 0.357 e. The van der Waals surface area contributed by atoms with Gasteiger partial charge in [-0.15, -0.1) is 0 Å². The molecular weight excluding hydrogens is 421 g/mol. The number of aryl methyl sites for hydroxylation is 1. The summed E-state index contributed by atoms with van der Waals surface area (Å²) in [7, 11) is 0. The zero-order valence-corrected chi connectivity index (χ0v) is 18.5. The van der Waals surface area contributed by atoms with Gasteiger partial charge in [-0.3, -0.25) is 9.78 Å². The fraction of sp³-hybridized carbons (Fsp3) is 0.273. The summed E-state index contributed by atoms with van der Waals surface area (Å²) in [6.07, 6.45) is 1.68. The molecule has 0 saturated heterocycles. The standard InChI is InChI=1S/C22H23Cl2N5O/c1-13(2)19(22(30)26-12-15-7-9-16(23)10-8-15)28-21-18(24)14(3)27-20(29-21)17-6-4-5-11-25-17/h4-11,13,19H,12H2,1-3H3,(H,26,30)(H,27,28,29). The summed E-state index contributed by atoms with van der Waals surface area (Å²) in [5.41, 5.74) is 2.20. The normalized spacial score (nSPS) is 11.9. The first-order chi connectivity index (χ1) is 14.3. The molecule has 1 atom stereocenters. The number of rotatable bonds is 7. The third-order valence-electron chi connectivity index (χ3n) is 4.53. The summed E-state index contributed by atoms with van der Waals surface area (Å²) >= 11 is 12.4. The van der Waals surface area contributed by atoms with E-state index in [0.29, 0.717) is 39.6 Å². The first kappa shape index (κ1) is 22.0. The summed E-state index contributed by atoms with van der Waals surface area (Å²) in [4.78, 5) is 26.1. The number of anilines is 1. The molecule has 2 heterocycles. The van der Waals surface area contributed by atoms with Gasteiger partial charge < -0.3 is 10.6 Å². The zero-order chi connectivity index (χ0) is 21.7. The van der Waals surface area contributed by atoms with Crippen molar-refractivity contribution < 1.29 is 4.79 Å². The van der Waals surface area contributed by atoms with Crippen LogP contribution in [0.1, 0.15) is 25.1 Å². The van der Waals surface area contributed by atoms with Crippen LogP contribution in [0.4, 0.5) is 5.82 Å². The van der Waals surface area contributed by atoms with Crippen molar-refractivity contribution in [3.8, 4) is 11.5 Å². The van der Waals surface area contributed by atoms with E-state index >= 15 is 0 Å². The number of aromatic nitrogens is 3. The van der Waals surface area contributed by atoms with E-state index in [9.17, 15) is 4.79 Å². The number of pyridine rings is 1. The third kappa shape index (κ3) is 5.46. The molecule has 0 bridgehead atoms. The quantitative estimate of drug-likeness (QED) is 0.542. The molecule has 0 saturated carbocycles. The Morgan fingerprint density at radius 2 is 1.80 bits per heavy atom. The molecule has 156 valence electrons. The number of nitrogens with one attached hydrogen (secondary N) is 2. The van der Waals surface area contributed by atoms with Crippen LogP contribution in [-0.4, -0.2) is 26.9 Å². The molecule has 1 amide bonds. The predicted octanol–water partition coefficient (Wildman–Crippen LogP) is 4.91. The van der Waals surface area contributed by atoms with Gasteiger partial charge in [0.1, 0.15) is 22.6 Å². The molecule has 0 aliphatic heterocycles. The number of carbonyl (C=O) groups is 1. The second kappa shape index (κ2) is 9.87. The molecule has 3 aromatic rings. The number of amides is 1. The fourth-order valence-electron chi connectivity index (χ4n) is 2.85. The van der Waals surface area contributed by atoms with Crippen molar-refractivity contribution in [2.45, 2.75) is 33.4 Å². The van der Waals surface area contributed by atoms with E-state index < -0.39 is 6.04 Å². The van der Waals surface area contributed by atoms with E-state index in [-0.39, 0.29) is 11.8 Å². The zero-order valence-electron chi connectivity index (χ0n) is 17.0. The Hall–Kier alpha value is -2.70. The van der Waals surface area contributed by atoms with Crippen LogP contribution in [0.2, 0.25) is 10.0 Å². The smallest absolute Gasteiger partial charge is 0.243 e. The molecule has 6 nitrogen and oxygen atoms in total. The monoisotopic (exact) mass is 443 g/mol. The van der Waals surface area contributed by atoms with E-state index in [2.05, 4.69) is 25.6 Å². The van der Waals surface area contributed by atoms with Gasteiger partial charge in [-0.25, -0.2) is 9.97 Å². The summed E-state index contributed by atoms with van der Waals surface area (Å²) in [6.45, 7) is 6.12. The summed E-state index contributed by atoms with van der Waals surface area (Å²) in [6, 6.07) is 12.3. The minimum atomic E-state index is -0.527. The van der Waals surface area contributed by atoms with Gasteiger partial charge in [-0.2, -0.15) is 0 Å². The molecule has 0 spiro atoms. The number of hydrogen-bond donors (Lipinski definition) is 2. The van der Waals surface area contributed by atoms with Crippen molar-refractivity contribution in [3.63, 3.8) is 0 Å². The lowest BCUT2D eigenvalue weighted by Crippen LogP contribution is -2.43. The lowest BCUT2D eigenvalue weighted by Gasteiger charge is -2.23. The molecule has 1 aromatic carbocycles. The van der Waals surface area contributed by atoms with Crippen LogP contribution >= 0.6 is 23.2 Å². The van der Waals surface area contributed by atoms with Crippen LogP contribution in [0.25, 0.3) is 11.5 Å². The minimum absolute atomic E-state index is 0.000133. The van der Waals surface area contributed by atoms with Crippen molar-refractivity contribution in [2.24, 2.45) is 5.92 Å². The van der Waals surface area contributed by atoms with Crippen LogP contribution in [0, 0.1) is 12.8 Å². The third-order valence-corrected chi connectivity index (χ3v) is 5.24. The van der Waals surface area contributed by atoms with Crippen molar-refractivity contribution in [1.82, 2.24) is 20.3 Å². The first-order valence-electron chi connectivity index (χ1n) is 9.59. The first-order valence-corrected chi connectivity index (χ1v) is 10.3. The van der Waals surface area contributed by atoms with Crippen molar-refractivity contribution in [2.75, 3.05) is 5.32 Å². The highest BCUT2D eigenvalue weighted by molar-refractivity contribution is 6.33.